The fourth-order valence-corrected chi connectivity index (χ4v) is 3.47. The van der Waals surface area contributed by atoms with Gasteiger partial charge in [0.1, 0.15) is 17.3 Å². The summed E-state index contributed by atoms with van der Waals surface area (Å²) in [5.41, 5.74) is 1.27. The number of nitrogens with one attached hydrogen (secondary N) is 1. The normalized spacial score (nSPS) is 10.5. The number of methoxy groups -OCH3 is 2. The number of benzene rings is 2. The molecule has 0 bridgehead atoms. The van der Waals surface area contributed by atoms with Gasteiger partial charge in [0.15, 0.2) is 11.0 Å². The number of carbonyl (C=O) groups is 1. The first-order valence-electron chi connectivity index (χ1n) is 9.00. The third-order valence-corrected chi connectivity index (χ3v) is 5.11. The predicted molar refractivity (Wildman–Crippen MR) is 115 cm³/mol. The number of allylic oxidation sites excluding steroid dienone is 1. The van der Waals surface area contributed by atoms with Crippen LogP contribution in [0.3, 0.4) is 0 Å². The first-order chi connectivity index (χ1) is 14.5. The van der Waals surface area contributed by atoms with Crippen molar-refractivity contribution < 1.29 is 18.7 Å². The van der Waals surface area contributed by atoms with Gasteiger partial charge < -0.3 is 14.8 Å². The van der Waals surface area contributed by atoms with E-state index in [1.165, 1.54) is 31.0 Å². The SMILES string of the molecule is C=CCn1c(SCC(=O)Nc2ccc(OC)cc2OC)nnc1-c1ccc(F)cc1. The Balaban J connectivity index is 1.72. The van der Waals surface area contributed by atoms with Crippen LogP contribution in [0.25, 0.3) is 11.4 Å². The second kappa shape index (κ2) is 9.93. The standard InChI is InChI=1S/C21H21FN4O3S/c1-4-11-26-20(14-5-7-15(22)8-6-14)24-25-21(26)30-13-19(27)23-17-10-9-16(28-2)12-18(17)29-3/h4-10,12H,1,11,13H2,2-3H3,(H,23,27). The minimum absolute atomic E-state index is 0.119. The van der Waals surface area contributed by atoms with E-state index in [0.29, 0.717) is 34.7 Å². The van der Waals surface area contributed by atoms with Crippen molar-refractivity contribution in [2.75, 3.05) is 25.3 Å². The largest absolute Gasteiger partial charge is 0.497 e. The maximum absolute atomic E-state index is 13.2. The molecule has 1 amide bonds. The minimum atomic E-state index is -0.325. The van der Waals surface area contributed by atoms with Crippen LogP contribution in [0.5, 0.6) is 11.5 Å². The predicted octanol–water partition coefficient (Wildman–Crippen LogP) is 4.02. The molecule has 0 aliphatic carbocycles. The van der Waals surface area contributed by atoms with Crippen molar-refractivity contribution in [1.82, 2.24) is 14.8 Å². The number of carbonyl (C=O) groups excluding carboxylic acids is 1. The molecule has 0 fully saturated rings. The second-order valence-electron chi connectivity index (χ2n) is 6.12. The van der Waals surface area contributed by atoms with Crippen LogP contribution in [-0.4, -0.2) is 40.6 Å². The van der Waals surface area contributed by atoms with Crippen LogP contribution in [0.1, 0.15) is 0 Å². The molecule has 0 aliphatic rings. The molecule has 7 nitrogen and oxygen atoms in total. The average Bonchev–Trinajstić information content (AvgIpc) is 3.16. The summed E-state index contributed by atoms with van der Waals surface area (Å²) >= 11 is 1.24. The Kier molecular flexibility index (Phi) is 7.08. The molecule has 1 heterocycles. The van der Waals surface area contributed by atoms with Crippen molar-refractivity contribution in [2.24, 2.45) is 0 Å². The number of rotatable bonds is 9. The third-order valence-electron chi connectivity index (χ3n) is 4.15. The molecule has 0 atom stereocenters. The number of amides is 1. The van der Waals surface area contributed by atoms with Gasteiger partial charge in [0, 0.05) is 18.2 Å². The number of thioether (sulfide) groups is 1. The van der Waals surface area contributed by atoms with Crippen molar-refractivity contribution in [2.45, 2.75) is 11.7 Å². The Morgan fingerprint density at radius 1 is 1.20 bits per heavy atom. The fraction of sp³-hybridized carbons (Fsp3) is 0.190. The van der Waals surface area contributed by atoms with E-state index < -0.39 is 0 Å². The lowest BCUT2D eigenvalue weighted by atomic mass is 10.2. The first-order valence-corrected chi connectivity index (χ1v) is 9.99. The van der Waals surface area contributed by atoms with E-state index in [2.05, 4.69) is 22.1 Å². The number of ether oxygens (including phenoxy) is 2. The Morgan fingerprint density at radius 3 is 2.63 bits per heavy atom. The first kappa shape index (κ1) is 21.4. The summed E-state index contributed by atoms with van der Waals surface area (Å²) in [4.78, 5) is 12.5. The average molecular weight is 428 g/mol. The maximum atomic E-state index is 13.2. The molecule has 1 aromatic heterocycles. The fourth-order valence-electron chi connectivity index (χ4n) is 2.72. The molecule has 0 saturated heterocycles. The molecule has 0 saturated carbocycles. The summed E-state index contributed by atoms with van der Waals surface area (Å²) in [6.07, 6.45) is 1.71. The lowest BCUT2D eigenvalue weighted by Crippen LogP contribution is -2.15. The molecule has 0 aliphatic heterocycles. The van der Waals surface area contributed by atoms with Crippen molar-refractivity contribution in [1.29, 1.82) is 0 Å². The molecular weight excluding hydrogens is 407 g/mol. The summed E-state index contributed by atoms with van der Waals surface area (Å²) in [6.45, 7) is 4.22. The monoisotopic (exact) mass is 428 g/mol. The van der Waals surface area contributed by atoms with Gasteiger partial charge >= 0.3 is 0 Å². The van der Waals surface area contributed by atoms with Crippen molar-refractivity contribution >= 4 is 23.4 Å². The number of aromatic nitrogens is 3. The van der Waals surface area contributed by atoms with Gasteiger partial charge in [-0.1, -0.05) is 17.8 Å². The van der Waals surface area contributed by atoms with Gasteiger partial charge in [-0.2, -0.15) is 0 Å². The molecule has 156 valence electrons. The Hall–Kier alpha value is -3.33. The number of hydrogen-bond acceptors (Lipinski definition) is 6. The molecule has 0 unspecified atom stereocenters. The smallest absolute Gasteiger partial charge is 0.234 e. The molecule has 1 N–H and O–H groups in total. The summed E-state index contributed by atoms with van der Waals surface area (Å²) in [5, 5.41) is 11.8. The Bertz CT molecular complexity index is 1040. The lowest BCUT2D eigenvalue weighted by molar-refractivity contribution is -0.113. The third kappa shape index (κ3) is 4.98. The summed E-state index contributed by atoms with van der Waals surface area (Å²) in [6, 6.07) is 11.1. The van der Waals surface area contributed by atoms with Gasteiger partial charge in [0.2, 0.25) is 5.91 Å². The van der Waals surface area contributed by atoms with Crippen LogP contribution < -0.4 is 14.8 Å². The highest BCUT2D eigenvalue weighted by atomic mass is 32.2. The van der Waals surface area contributed by atoms with Gasteiger partial charge in [0.05, 0.1) is 25.7 Å². The molecule has 3 rings (SSSR count). The summed E-state index contributed by atoms with van der Waals surface area (Å²) in [5.74, 6) is 1.28. The van der Waals surface area contributed by atoms with E-state index in [4.69, 9.17) is 9.47 Å². The van der Waals surface area contributed by atoms with Gasteiger partial charge in [-0.15, -0.1) is 16.8 Å². The van der Waals surface area contributed by atoms with E-state index in [1.807, 2.05) is 4.57 Å². The highest BCUT2D eigenvalue weighted by molar-refractivity contribution is 7.99. The highest BCUT2D eigenvalue weighted by Gasteiger charge is 2.16. The van der Waals surface area contributed by atoms with Gasteiger partial charge in [-0.3, -0.25) is 9.36 Å². The highest BCUT2D eigenvalue weighted by Crippen LogP contribution is 2.30. The zero-order valence-electron chi connectivity index (χ0n) is 16.6. The molecular formula is C21H21FN4O3S. The molecule has 30 heavy (non-hydrogen) atoms. The molecule has 3 aromatic rings. The minimum Gasteiger partial charge on any atom is -0.497 e. The van der Waals surface area contributed by atoms with Crippen LogP contribution in [0.2, 0.25) is 0 Å². The summed E-state index contributed by atoms with van der Waals surface area (Å²) in [7, 11) is 3.08. The topological polar surface area (TPSA) is 78.3 Å². The number of halogens is 1. The molecule has 9 heteroatoms. The quantitative estimate of drug-likeness (QED) is 0.410. The van der Waals surface area contributed by atoms with Crippen LogP contribution in [-0.2, 0) is 11.3 Å². The van der Waals surface area contributed by atoms with Crippen molar-refractivity contribution in [3.05, 3.63) is 60.9 Å². The van der Waals surface area contributed by atoms with Gasteiger partial charge in [-0.05, 0) is 36.4 Å². The van der Waals surface area contributed by atoms with Crippen LogP contribution in [0.4, 0.5) is 10.1 Å². The van der Waals surface area contributed by atoms with Crippen LogP contribution in [0, 0.1) is 5.82 Å². The van der Waals surface area contributed by atoms with Crippen molar-refractivity contribution in [3.8, 4) is 22.9 Å². The van der Waals surface area contributed by atoms with Gasteiger partial charge in [-0.25, -0.2) is 4.39 Å². The maximum Gasteiger partial charge on any atom is 0.234 e. The van der Waals surface area contributed by atoms with Gasteiger partial charge in [0.25, 0.3) is 0 Å². The van der Waals surface area contributed by atoms with E-state index >= 15 is 0 Å². The van der Waals surface area contributed by atoms with E-state index in [1.54, 1.807) is 43.5 Å². The lowest BCUT2D eigenvalue weighted by Gasteiger charge is -2.12. The Labute approximate surface area is 177 Å². The van der Waals surface area contributed by atoms with Crippen LogP contribution in [0.15, 0.2) is 60.3 Å². The van der Waals surface area contributed by atoms with E-state index in [0.717, 1.165) is 5.56 Å². The molecule has 2 aromatic carbocycles. The zero-order chi connectivity index (χ0) is 21.5. The number of anilines is 1. The second-order valence-corrected chi connectivity index (χ2v) is 7.06. The van der Waals surface area contributed by atoms with Crippen molar-refractivity contribution in [3.63, 3.8) is 0 Å². The van der Waals surface area contributed by atoms with E-state index in [9.17, 15) is 9.18 Å². The summed E-state index contributed by atoms with van der Waals surface area (Å²) < 4.78 is 25.5. The molecule has 0 spiro atoms. The van der Waals surface area contributed by atoms with Crippen LogP contribution >= 0.6 is 11.8 Å². The number of hydrogen-bond donors (Lipinski definition) is 1. The number of nitrogens with zero attached hydrogens (tertiary/aromatic N) is 3. The van der Waals surface area contributed by atoms with E-state index in [-0.39, 0.29) is 17.5 Å². The zero-order valence-corrected chi connectivity index (χ0v) is 17.4. The molecule has 0 radical (unpaired) electrons. The Morgan fingerprint density at radius 2 is 1.97 bits per heavy atom.